The van der Waals surface area contributed by atoms with Crippen LogP contribution in [0.4, 0.5) is 5.69 Å². The van der Waals surface area contributed by atoms with Gasteiger partial charge in [-0.2, -0.15) is 0 Å². The van der Waals surface area contributed by atoms with Crippen LogP contribution in [-0.2, 0) is 4.79 Å². The molecule has 19 heavy (non-hydrogen) atoms. The number of hydrogen-bond donors (Lipinski definition) is 2. The molecule has 0 saturated carbocycles. The Balaban J connectivity index is 2.38. The van der Waals surface area contributed by atoms with Crippen molar-refractivity contribution in [3.8, 4) is 0 Å². The lowest BCUT2D eigenvalue weighted by molar-refractivity contribution is -0.142. The molecule has 0 fully saturated rings. The SMILES string of the molecule is Cc1ccccc1N(C)CCCCC(C)(N)C(=O)O. The van der Waals surface area contributed by atoms with E-state index in [1.54, 1.807) is 6.92 Å². The summed E-state index contributed by atoms with van der Waals surface area (Å²) in [4.78, 5) is 13.1. The number of carboxylic acids is 1. The zero-order valence-corrected chi connectivity index (χ0v) is 12.0. The van der Waals surface area contributed by atoms with Gasteiger partial charge >= 0.3 is 5.97 Å². The van der Waals surface area contributed by atoms with Gasteiger partial charge in [0.05, 0.1) is 0 Å². The van der Waals surface area contributed by atoms with Gasteiger partial charge in [-0.1, -0.05) is 18.2 Å². The lowest BCUT2D eigenvalue weighted by Gasteiger charge is -2.23. The van der Waals surface area contributed by atoms with Gasteiger partial charge < -0.3 is 15.7 Å². The predicted octanol–water partition coefficient (Wildman–Crippen LogP) is 2.40. The number of hydrogen-bond acceptors (Lipinski definition) is 3. The standard InChI is InChI=1S/C15H24N2O2/c1-12-8-4-5-9-13(12)17(3)11-7-6-10-15(2,16)14(18)19/h4-5,8-9H,6-7,10-11,16H2,1-3H3,(H,18,19). The van der Waals surface area contributed by atoms with Crippen molar-refractivity contribution in [3.63, 3.8) is 0 Å². The maximum Gasteiger partial charge on any atom is 0.323 e. The molecule has 1 aromatic carbocycles. The number of nitrogens with zero attached hydrogens (tertiary/aromatic N) is 1. The minimum Gasteiger partial charge on any atom is -0.480 e. The maximum atomic E-state index is 10.9. The molecule has 106 valence electrons. The molecular formula is C15H24N2O2. The fraction of sp³-hybridized carbons (Fsp3) is 0.533. The molecule has 1 rings (SSSR count). The Bertz CT molecular complexity index is 430. The molecular weight excluding hydrogens is 240 g/mol. The number of aliphatic carboxylic acids is 1. The molecule has 0 saturated heterocycles. The van der Waals surface area contributed by atoms with E-state index in [0.29, 0.717) is 6.42 Å². The molecule has 0 aliphatic heterocycles. The largest absolute Gasteiger partial charge is 0.480 e. The van der Waals surface area contributed by atoms with Crippen molar-refractivity contribution in [1.29, 1.82) is 0 Å². The Morgan fingerprint density at radius 2 is 2.00 bits per heavy atom. The highest BCUT2D eigenvalue weighted by Gasteiger charge is 2.26. The van der Waals surface area contributed by atoms with E-state index in [4.69, 9.17) is 10.8 Å². The van der Waals surface area contributed by atoms with E-state index < -0.39 is 11.5 Å². The van der Waals surface area contributed by atoms with Crippen molar-refractivity contribution in [1.82, 2.24) is 0 Å². The molecule has 4 heteroatoms. The summed E-state index contributed by atoms with van der Waals surface area (Å²) in [6.07, 6.45) is 2.25. The molecule has 0 bridgehead atoms. The topological polar surface area (TPSA) is 66.6 Å². The molecule has 1 unspecified atom stereocenters. The first-order valence-corrected chi connectivity index (χ1v) is 6.63. The zero-order valence-electron chi connectivity index (χ0n) is 12.0. The van der Waals surface area contributed by atoms with E-state index >= 15 is 0 Å². The van der Waals surface area contributed by atoms with Gasteiger partial charge in [-0.15, -0.1) is 0 Å². The van der Waals surface area contributed by atoms with E-state index in [-0.39, 0.29) is 0 Å². The summed E-state index contributed by atoms with van der Waals surface area (Å²) >= 11 is 0. The fourth-order valence-corrected chi connectivity index (χ4v) is 2.06. The monoisotopic (exact) mass is 264 g/mol. The number of rotatable bonds is 7. The second-order valence-corrected chi connectivity index (χ2v) is 5.39. The van der Waals surface area contributed by atoms with E-state index in [2.05, 4.69) is 31.0 Å². The molecule has 0 aromatic heterocycles. The second kappa shape index (κ2) is 6.57. The molecule has 4 nitrogen and oxygen atoms in total. The van der Waals surface area contributed by atoms with Crippen molar-refractivity contribution in [3.05, 3.63) is 29.8 Å². The van der Waals surface area contributed by atoms with Crippen LogP contribution in [0, 0.1) is 6.92 Å². The number of aryl methyl sites for hydroxylation is 1. The second-order valence-electron chi connectivity index (χ2n) is 5.39. The van der Waals surface area contributed by atoms with E-state index in [1.165, 1.54) is 11.3 Å². The van der Waals surface area contributed by atoms with Crippen LogP contribution in [0.25, 0.3) is 0 Å². The Morgan fingerprint density at radius 3 is 2.58 bits per heavy atom. The number of carbonyl (C=O) groups is 1. The molecule has 1 atom stereocenters. The van der Waals surface area contributed by atoms with Gasteiger partial charge in [0.25, 0.3) is 0 Å². The highest BCUT2D eigenvalue weighted by molar-refractivity contribution is 5.77. The van der Waals surface area contributed by atoms with Gasteiger partial charge in [-0.3, -0.25) is 4.79 Å². The first kappa shape index (κ1) is 15.5. The summed E-state index contributed by atoms with van der Waals surface area (Å²) in [6.45, 7) is 4.56. The maximum absolute atomic E-state index is 10.9. The van der Waals surface area contributed by atoms with Gasteiger partial charge in [0.1, 0.15) is 5.54 Å². The van der Waals surface area contributed by atoms with Crippen LogP contribution in [0.5, 0.6) is 0 Å². The fourth-order valence-electron chi connectivity index (χ4n) is 2.06. The quantitative estimate of drug-likeness (QED) is 0.742. The van der Waals surface area contributed by atoms with Gasteiger partial charge in [-0.25, -0.2) is 0 Å². The predicted molar refractivity (Wildman–Crippen MR) is 78.5 cm³/mol. The summed E-state index contributed by atoms with van der Waals surface area (Å²) in [5, 5.41) is 8.93. The summed E-state index contributed by atoms with van der Waals surface area (Å²) in [5.74, 6) is -0.931. The molecule has 0 spiro atoms. The minimum atomic E-state index is -1.11. The van der Waals surface area contributed by atoms with Crippen LogP contribution in [0.1, 0.15) is 31.7 Å². The number of para-hydroxylation sites is 1. The third kappa shape index (κ3) is 4.56. The Labute approximate surface area is 115 Å². The summed E-state index contributed by atoms with van der Waals surface area (Å²) in [5.41, 5.74) is 7.06. The third-order valence-electron chi connectivity index (χ3n) is 3.45. The summed E-state index contributed by atoms with van der Waals surface area (Å²) in [6, 6.07) is 8.24. The normalized spacial score (nSPS) is 13.9. The molecule has 0 radical (unpaired) electrons. The van der Waals surface area contributed by atoms with Crippen molar-refractivity contribution in [2.24, 2.45) is 5.73 Å². The summed E-state index contributed by atoms with van der Waals surface area (Å²) in [7, 11) is 2.06. The van der Waals surface area contributed by atoms with E-state index in [1.807, 2.05) is 12.1 Å². The first-order chi connectivity index (χ1) is 8.84. The number of nitrogens with two attached hydrogens (primary N) is 1. The van der Waals surface area contributed by atoms with Crippen LogP contribution < -0.4 is 10.6 Å². The molecule has 0 amide bonds. The third-order valence-corrected chi connectivity index (χ3v) is 3.45. The number of benzene rings is 1. The van der Waals surface area contributed by atoms with Crippen molar-refractivity contribution in [2.75, 3.05) is 18.5 Å². The zero-order chi connectivity index (χ0) is 14.5. The average Bonchev–Trinajstić information content (AvgIpc) is 2.34. The minimum absolute atomic E-state index is 0.504. The molecule has 0 aliphatic carbocycles. The number of carboxylic acid groups (broad SMARTS) is 1. The van der Waals surface area contributed by atoms with Crippen LogP contribution in [0.2, 0.25) is 0 Å². The van der Waals surface area contributed by atoms with Crippen LogP contribution in [-0.4, -0.2) is 30.2 Å². The lowest BCUT2D eigenvalue weighted by atomic mass is 9.96. The van der Waals surface area contributed by atoms with E-state index in [0.717, 1.165) is 19.4 Å². The van der Waals surface area contributed by atoms with Crippen LogP contribution in [0.3, 0.4) is 0 Å². The molecule has 0 heterocycles. The highest BCUT2D eigenvalue weighted by Crippen LogP contribution is 2.19. The smallest absolute Gasteiger partial charge is 0.323 e. The van der Waals surface area contributed by atoms with Crippen LogP contribution >= 0.6 is 0 Å². The van der Waals surface area contributed by atoms with Gasteiger partial charge in [0.15, 0.2) is 0 Å². The highest BCUT2D eigenvalue weighted by atomic mass is 16.4. The van der Waals surface area contributed by atoms with Gasteiger partial charge in [-0.05, 0) is 44.7 Å². The Morgan fingerprint density at radius 1 is 1.37 bits per heavy atom. The van der Waals surface area contributed by atoms with Gasteiger partial charge in [0.2, 0.25) is 0 Å². The average molecular weight is 264 g/mol. The molecule has 0 aliphatic rings. The number of anilines is 1. The van der Waals surface area contributed by atoms with Crippen molar-refractivity contribution in [2.45, 2.75) is 38.6 Å². The molecule has 1 aromatic rings. The van der Waals surface area contributed by atoms with Crippen molar-refractivity contribution >= 4 is 11.7 Å². The lowest BCUT2D eigenvalue weighted by Crippen LogP contribution is -2.44. The molecule has 3 N–H and O–H groups in total. The van der Waals surface area contributed by atoms with Crippen molar-refractivity contribution < 1.29 is 9.90 Å². The van der Waals surface area contributed by atoms with E-state index in [9.17, 15) is 4.79 Å². The Hall–Kier alpha value is -1.55. The Kier molecular flexibility index (Phi) is 5.36. The summed E-state index contributed by atoms with van der Waals surface area (Å²) < 4.78 is 0. The van der Waals surface area contributed by atoms with Gasteiger partial charge in [0, 0.05) is 19.3 Å². The first-order valence-electron chi connectivity index (χ1n) is 6.63. The number of unbranched alkanes of at least 4 members (excludes halogenated alkanes) is 1. The van der Waals surface area contributed by atoms with Crippen LogP contribution in [0.15, 0.2) is 24.3 Å².